The zero-order chi connectivity index (χ0) is 14.9. The fourth-order valence-corrected chi connectivity index (χ4v) is 1.88. The van der Waals surface area contributed by atoms with Crippen molar-refractivity contribution in [3.8, 4) is 0 Å². The van der Waals surface area contributed by atoms with E-state index in [1.807, 2.05) is 0 Å². The third kappa shape index (κ3) is 2.83. The van der Waals surface area contributed by atoms with Crippen LogP contribution in [0.5, 0.6) is 0 Å². The number of halogens is 2. The van der Waals surface area contributed by atoms with Crippen molar-refractivity contribution in [2.45, 2.75) is 6.92 Å². The van der Waals surface area contributed by atoms with Gasteiger partial charge >= 0.3 is 0 Å². The highest BCUT2D eigenvalue weighted by Gasteiger charge is 2.12. The SMILES string of the molecule is Cc1cc(N)c(N)cc1C(=O)Nc1ccc(Cl)c(F)c1. The molecule has 0 fully saturated rings. The molecule has 0 aliphatic rings. The molecule has 0 unspecified atom stereocenters. The number of nitrogen functional groups attached to an aromatic ring is 2. The third-order valence-electron chi connectivity index (χ3n) is 2.85. The van der Waals surface area contributed by atoms with Gasteiger partial charge in [-0.15, -0.1) is 0 Å². The number of carbonyl (C=O) groups is 1. The summed E-state index contributed by atoms with van der Waals surface area (Å²) in [5.41, 5.74) is 13.5. The van der Waals surface area contributed by atoms with Crippen LogP contribution in [0.15, 0.2) is 30.3 Å². The molecule has 0 spiro atoms. The third-order valence-corrected chi connectivity index (χ3v) is 3.16. The minimum absolute atomic E-state index is 0.00379. The van der Waals surface area contributed by atoms with Gasteiger partial charge in [0, 0.05) is 11.3 Å². The van der Waals surface area contributed by atoms with E-state index < -0.39 is 11.7 Å². The molecule has 0 aliphatic carbocycles. The van der Waals surface area contributed by atoms with Crippen LogP contribution in [-0.2, 0) is 0 Å². The van der Waals surface area contributed by atoms with Gasteiger partial charge < -0.3 is 16.8 Å². The second-order valence-electron chi connectivity index (χ2n) is 4.38. The number of benzene rings is 2. The fraction of sp³-hybridized carbons (Fsp3) is 0.0714. The molecule has 0 heterocycles. The normalized spacial score (nSPS) is 10.3. The van der Waals surface area contributed by atoms with Gasteiger partial charge in [0.1, 0.15) is 5.82 Å². The average Bonchev–Trinajstić information content (AvgIpc) is 2.38. The van der Waals surface area contributed by atoms with Crippen LogP contribution in [0.4, 0.5) is 21.5 Å². The summed E-state index contributed by atoms with van der Waals surface area (Å²) < 4.78 is 13.3. The zero-order valence-corrected chi connectivity index (χ0v) is 11.5. The van der Waals surface area contributed by atoms with Gasteiger partial charge in [-0.05, 0) is 42.8 Å². The highest BCUT2D eigenvalue weighted by atomic mass is 35.5. The van der Waals surface area contributed by atoms with Crippen molar-refractivity contribution in [2.75, 3.05) is 16.8 Å². The number of nitrogens with two attached hydrogens (primary N) is 2. The largest absolute Gasteiger partial charge is 0.397 e. The molecule has 4 nitrogen and oxygen atoms in total. The highest BCUT2D eigenvalue weighted by molar-refractivity contribution is 6.30. The smallest absolute Gasteiger partial charge is 0.256 e. The van der Waals surface area contributed by atoms with E-state index >= 15 is 0 Å². The molecule has 0 aliphatic heterocycles. The van der Waals surface area contributed by atoms with Gasteiger partial charge in [0.05, 0.1) is 16.4 Å². The van der Waals surface area contributed by atoms with Crippen molar-refractivity contribution in [2.24, 2.45) is 0 Å². The van der Waals surface area contributed by atoms with E-state index in [9.17, 15) is 9.18 Å². The Labute approximate surface area is 120 Å². The Morgan fingerprint density at radius 2 is 1.85 bits per heavy atom. The molecule has 104 valence electrons. The predicted octanol–water partition coefficient (Wildman–Crippen LogP) is 3.20. The lowest BCUT2D eigenvalue weighted by Gasteiger charge is -2.10. The maximum absolute atomic E-state index is 13.3. The monoisotopic (exact) mass is 293 g/mol. The summed E-state index contributed by atoms with van der Waals surface area (Å²) in [5, 5.41) is 2.58. The van der Waals surface area contributed by atoms with Crippen LogP contribution in [0.25, 0.3) is 0 Å². The van der Waals surface area contributed by atoms with Crippen molar-refractivity contribution in [1.82, 2.24) is 0 Å². The fourth-order valence-electron chi connectivity index (χ4n) is 1.76. The topological polar surface area (TPSA) is 81.1 Å². The number of hydrogen-bond donors (Lipinski definition) is 3. The number of anilines is 3. The molecule has 0 atom stereocenters. The molecule has 0 bridgehead atoms. The molecular weight excluding hydrogens is 281 g/mol. The predicted molar refractivity (Wildman–Crippen MR) is 79.4 cm³/mol. The van der Waals surface area contributed by atoms with Crippen LogP contribution in [0.3, 0.4) is 0 Å². The molecule has 5 N–H and O–H groups in total. The van der Waals surface area contributed by atoms with E-state index in [0.717, 1.165) is 6.07 Å². The van der Waals surface area contributed by atoms with Crippen molar-refractivity contribution < 1.29 is 9.18 Å². The number of hydrogen-bond acceptors (Lipinski definition) is 3. The first-order valence-corrected chi connectivity index (χ1v) is 6.18. The Morgan fingerprint density at radius 1 is 1.20 bits per heavy atom. The van der Waals surface area contributed by atoms with E-state index in [2.05, 4.69) is 5.32 Å². The molecule has 0 saturated carbocycles. The van der Waals surface area contributed by atoms with Gasteiger partial charge in [0.2, 0.25) is 0 Å². The minimum atomic E-state index is -0.599. The molecule has 0 radical (unpaired) electrons. The zero-order valence-electron chi connectivity index (χ0n) is 10.7. The van der Waals surface area contributed by atoms with E-state index in [4.69, 9.17) is 23.1 Å². The van der Waals surface area contributed by atoms with E-state index in [1.54, 1.807) is 13.0 Å². The Morgan fingerprint density at radius 3 is 2.50 bits per heavy atom. The second kappa shape index (κ2) is 5.38. The minimum Gasteiger partial charge on any atom is -0.397 e. The summed E-state index contributed by atoms with van der Waals surface area (Å²) in [5.74, 6) is -0.992. The first-order valence-electron chi connectivity index (χ1n) is 5.80. The first kappa shape index (κ1) is 14.1. The molecule has 2 aromatic carbocycles. The molecule has 0 saturated heterocycles. The first-order chi connectivity index (χ1) is 9.38. The number of rotatable bonds is 2. The van der Waals surface area contributed by atoms with Crippen LogP contribution >= 0.6 is 11.6 Å². The van der Waals surface area contributed by atoms with Crippen LogP contribution in [0.1, 0.15) is 15.9 Å². The number of carbonyl (C=O) groups excluding carboxylic acids is 1. The van der Waals surface area contributed by atoms with E-state index in [0.29, 0.717) is 28.2 Å². The summed E-state index contributed by atoms with van der Waals surface area (Å²) in [4.78, 5) is 12.1. The lowest BCUT2D eigenvalue weighted by molar-refractivity contribution is 0.102. The van der Waals surface area contributed by atoms with Crippen LogP contribution in [0, 0.1) is 12.7 Å². The highest BCUT2D eigenvalue weighted by Crippen LogP contribution is 2.23. The Bertz CT molecular complexity index is 688. The lowest BCUT2D eigenvalue weighted by Crippen LogP contribution is -2.14. The number of aryl methyl sites for hydroxylation is 1. The lowest BCUT2D eigenvalue weighted by atomic mass is 10.1. The Hall–Kier alpha value is -2.27. The maximum Gasteiger partial charge on any atom is 0.256 e. The van der Waals surface area contributed by atoms with Crippen molar-refractivity contribution >= 4 is 34.6 Å². The van der Waals surface area contributed by atoms with Gasteiger partial charge in [-0.25, -0.2) is 4.39 Å². The van der Waals surface area contributed by atoms with Crippen molar-refractivity contribution in [1.29, 1.82) is 0 Å². The molecular formula is C14H13ClFN3O. The molecule has 2 rings (SSSR count). The van der Waals surface area contributed by atoms with Crippen molar-refractivity contribution in [3.63, 3.8) is 0 Å². The maximum atomic E-state index is 13.3. The number of nitrogens with one attached hydrogen (secondary N) is 1. The molecule has 6 heteroatoms. The molecule has 1 amide bonds. The van der Waals surface area contributed by atoms with Gasteiger partial charge in [-0.1, -0.05) is 11.6 Å². The molecule has 20 heavy (non-hydrogen) atoms. The summed E-state index contributed by atoms with van der Waals surface area (Å²) in [7, 11) is 0. The van der Waals surface area contributed by atoms with Crippen LogP contribution in [-0.4, -0.2) is 5.91 Å². The summed E-state index contributed by atoms with van der Waals surface area (Å²) in [6.45, 7) is 1.74. The quantitative estimate of drug-likeness (QED) is 0.744. The summed E-state index contributed by atoms with van der Waals surface area (Å²) >= 11 is 5.58. The van der Waals surface area contributed by atoms with Gasteiger partial charge in [-0.3, -0.25) is 4.79 Å². The van der Waals surface area contributed by atoms with Gasteiger partial charge in [0.15, 0.2) is 0 Å². The molecule has 0 aromatic heterocycles. The van der Waals surface area contributed by atoms with E-state index in [-0.39, 0.29) is 5.02 Å². The standard InChI is InChI=1S/C14H13ClFN3O/c1-7-4-12(17)13(18)6-9(7)14(20)19-8-2-3-10(15)11(16)5-8/h2-6H,17-18H2,1H3,(H,19,20). The average molecular weight is 294 g/mol. The summed E-state index contributed by atoms with van der Waals surface area (Å²) in [6.07, 6.45) is 0. The van der Waals surface area contributed by atoms with E-state index in [1.165, 1.54) is 18.2 Å². The van der Waals surface area contributed by atoms with Gasteiger partial charge in [0.25, 0.3) is 5.91 Å². The van der Waals surface area contributed by atoms with Crippen LogP contribution < -0.4 is 16.8 Å². The number of amides is 1. The Kier molecular flexibility index (Phi) is 3.81. The van der Waals surface area contributed by atoms with Crippen molar-refractivity contribution in [3.05, 3.63) is 52.3 Å². The summed E-state index contributed by atoms with van der Waals surface area (Å²) in [6, 6.07) is 7.14. The Balaban J connectivity index is 2.28. The second-order valence-corrected chi connectivity index (χ2v) is 4.79. The van der Waals surface area contributed by atoms with Gasteiger partial charge in [-0.2, -0.15) is 0 Å². The molecule has 2 aromatic rings. The van der Waals surface area contributed by atoms with Crippen LogP contribution in [0.2, 0.25) is 5.02 Å².